The summed E-state index contributed by atoms with van der Waals surface area (Å²) in [4.78, 5) is 16.9. The van der Waals surface area contributed by atoms with Crippen molar-refractivity contribution in [2.45, 2.75) is 11.8 Å². The van der Waals surface area contributed by atoms with Gasteiger partial charge in [0.1, 0.15) is 22.9 Å². The van der Waals surface area contributed by atoms with Crippen LogP contribution >= 0.6 is 0 Å². The van der Waals surface area contributed by atoms with Gasteiger partial charge >= 0.3 is 0 Å². The lowest BCUT2D eigenvalue weighted by molar-refractivity contribution is -0.131. The number of aryl methyl sites for hydroxylation is 1. The molecule has 1 saturated heterocycles. The molecular weight excluding hydrogens is 418 g/mol. The average molecular weight is 448 g/mol. The molecule has 0 spiro atoms. The van der Waals surface area contributed by atoms with E-state index >= 15 is 0 Å². The van der Waals surface area contributed by atoms with E-state index in [0.29, 0.717) is 24.5 Å². The lowest BCUT2D eigenvalue weighted by Gasteiger charge is -2.34. The number of hydrogen-bond acceptors (Lipinski definition) is 6. The monoisotopic (exact) mass is 447 g/mol. The molecule has 1 amide bonds. The van der Waals surface area contributed by atoms with Crippen molar-refractivity contribution in [2.24, 2.45) is 0 Å². The number of methoxy groups -OCH3 is 2. The zero-order valence-electron chi connectivity index (χ0n) is 18.4. The van der Waals surface area contributed by atoms with Gasteiger partial charge in [0.2, 0.25) is 5.91 Å². The van der Waals surface area contributed by atoms with Crippen LogP contribution in [-0.2, 0) is 14.8 Å². The summed E-state index contributed by atoms with van der Waals surface area (Å²) in [6, 6.07) is 11.6. The minimum atomic E-state index is -4.07. The van der Waals surface area contributed by atoms with Gasteiger partial charge in [-0.05, 0) is 55.9 Å². The van der Waals surface area contributed by atoms with E-state index in [-0.39, 0.29) is 23.1 Å². The number of anilines is 1. The fourth-order valence-corrected chi connectivity index (χ4v) is 5.10. The Labute approximate surface area is 184 Å². The van der Waals surface area contributed by atoms with Crippen molar-refractivity contribution < 1.29 is 22.7 Å². The van der Waals surface area contributed by atoms with Gasteiger partial charge in [-0.3, -0.25) is 9.10 Å². The molecule has 0 bridgehead atoms. The number of carbonyl (C=O) groups is 1. The van der Waals surface area contributed by atoms with E-state index in [0.717, 1.165) is 23.0 Å². The van der Waals surface area contributed by atoms with E-state index in [1.54, 1.807) is 47.4 Å². The molecule has 3 rings (SSSR count). The van der Waals surface area contributed by atoms with E-state index in [9.17, 15) is 13.2 Å². The highest BCUT2D eigenvalue weighted by atomic mass is 32.2. The molecular formula is C22H29N3O5S. The van der Waals surface area contributed by atoms with Crippen molar-refractivity contribution in [3.63, 3.8) is 0 Å². The predicted octanol–water partition coefficient (Wildman–Crippen LogP) is 1.98. The number of likely N-dealkylation sites (N-methyl/N-ethyl adjacent to an activating group) is 1. The van der Waals surface area contributed by atoms with Crippen molar-refractivity contribution in [1.29, 1.82) is 0 Å². The predicted molar refractivity (Wildman–Crippen MR) is 119 cm³/mol. The smallest absolute Gasteiger partial charge is 0.268 e. The SMILES string of the molecule is COc1ccc(N(CC(=O)N2CCN(C)CC2)S(=O)(=O)c2cc(C)ccc2OC)cc1. The Balaban J connectivity index is 2.00. The van der Waals surface area contributed by atoms with Crippen molar-refractivity contribution >= 4 is 21.6 Å². The Morgan fingerprint density at radius 1 is 1.00 bits per heavy atom. The van der Waals surface area contributed by atoms with Gasteiger partial charge in [-0.15, -0.1) is 0 Å². The first-order valence-electron chi connectivity index (χ1n) is 10.0. The zero-order valence-corrected chi connectivity index (χ0v) is 19.2. The minimum Gasteiger partial charge on any atom is -0.497 e. The molecule has 31 heavy (non-hydrogen) atoms. The Kier molecular flexibility index (Phi) is 7.07. The molecule has 1 aliphatic heterocycles. The van der Waals surface area contributed by atoms with Crippen molar-refractivity contribution in [3.8, 4) is 11.5 Å². The van der Waals surface area contributed by atoms with Crippen LogP contribution in [0.4, 0.5) is 5.69 Å². The summed E-state index contributed by atoms with van der Waals surface area (Å²) in [5.74, 6) is 0.592. The van der Waals surface area contributed by atoms with Gasteiger partial charge < -0.3 is 19.3 Å². The molecule has 0 aliphatic carbocycles. The molecule has 1 fully saturated rings. The summed E-state index contributed by atoms with van der Waals surface area (Å²) in [7, 11) is 0.893. The van der Waals surface area contributed by atoms with Crippen LogP contribution in [0.3, 0.4) is 0 Å². The number of hydrogen-bond donors (Lipinski definition) is 0. The topological polar surface area (TPSA) is 79.4 Å². The standard InChI is InChI=1S/C22H29N3O5S/c1-17-5-10-20(30-4)21(15-17)31(27,28)25(18-6-8-19(29-3)9-7-18)16-22(26)24-13-11-23(2)12-14-24/h5-10,15H,11-14,16H2,1-4H3. The summed E-state index contributed by atoms with van der Waals surface area (Å²) in [5, 5.41) is 0. The van der Waals surface area contributed by atoms with Crippen LogP contribution in [-0.4, -0.2) is 78.1 Å². The molecule has 0 atom stereocenters. The van der Waals surface area contributed by atoms with Gasteiger partial charge in [-0.2, -0.15) is 0 Å². The first kappa shape index (κ1) is 22.9. The highest BCUT2D eigenvalue weighted by Gasteiger charge is 2.32. The van der Waals surface area contributed by atoms with E-state index in [4.69, 9.17) is 9.47 Å². The third-order valence-corrected chi connectivity index (χ3v) is 7.18. The fraction of sp³-hybridized carbons (Fsp3) is 0.409. The second kappa shape index (κ2) is 9.57. The van der Waals surface area contributed by atoms with Crippen LogP contribution in [0.5, 0.6) is 11.5 Å². The molecule has 168 valence electrons. The highest BCUT2D eigenvalue weighted by molar-refractivity contribution is 7.93. The molecule has 0 saturated carbocycles. The van der Waals surface area contributed by atoms with E-state index in [1.807, 2.05) is 14.0 Å². The molecule has 0 N–H and O–H groups in total. The average Bonchev–Trinajstić information content (AvgIpc) is 2.77. The lowest BCUT2D eigenvalue weighted by atomic mass is 10.2. The number of piperazine rings is 1. The van der Waals surface area contributed by atoms with Gasteiger partial charge in [-0.25, -0.2) is 8.42 Å². The van der Waals surface area contributed by atoms with Crippen molar-refractivity contribution in [3.05, 3.63) is 48.0 Å². The molecule has 2 aromatic carbocycles. The first-order chi connectivity index (χ1) is 14.8. The molecule has 8 nitrogen and oxygen atoms in total. The molecule has 9 heteroatoms. The summed E-state index contributed by atoms with van der Waals surface area (Å²) in [5.41, 5.74) is 1.16. The van der Waals surface area contributed by atoms with Crippen LogP contribution in [0, 0.1) is 6.92 Å². The van der Waals surface area contributed by atoms with Crippen LogP contribution in [0.25, 0.3) is 0 Å². The van der Waals surface area contributed by atoms with Gasteiger partial charge in [0.25, 0.3) is 10.0 Å². The number of ether oxygens (including phenoxy) is 2. The molecule has 2 aromatic rings. The van der Waals surface area contributed by atoms with Gasteiger partial charge in [-0.1, -0.05) is 6.07 Å². The first-order valence-corrected chi connectivity index (χ1v) is 11.5. The minimum absolute atomic E-state index is 0.0250. The third kappa shape index (κ3) is 5.11. The Morgan fingerprint density at radius 3 is 2.23 bits per heavy atom. The lowest BCUT2D eigenvalue weighted by Crippen LogP contribution is -2.50. The highest BCUT2D eigenvalue weighted by Crippen LogP contribution is 2.31. The zero-order chi connectivity index (χ0) is 22.6. The maximum atomic E-state index is 13.7. The van der Waals surface area contributed by atoms with Crippen LogP contribution in [0.1, 0.15) is 5.56 Å². The number of sulfonamides is 1. The van der Waals surface area contributed by atoms with E-state index in [2.05, 4.69) is 4.90 Å². The molecule has 0 unspecified atom stereocenters. The van der Waals surface area contributed by atoms with Gasteiger partial charge in [0.15, 0.2) is 0 Å². The summed E-state index contributed by atoms with van der Waals surface area (Å²) >= 11 is 0. The van der Waals surface area contributed by atoms with E-state index < -0.39 is 10.0 Å². The van der Waals surface area contributed by atoms with Gasteiger partial charge in [0, 0.05) is 26.2 Å². The number of carbonyl (C=O) groups excluding carboxylic acids is 1. The maximum absolute atomic E-state index is 13.7. The van der Waals surface area contributed by atoms with Crippen LogP contribution < -0.4 is 13.8 Å². The Morgan fingerprint density at radius 2 is 1.65 bits per heavy atom. The van der Waals surface area contributed by atoms with Crippen molar-refractivity contribution in [1.82, 2.24) is 9.80 Å². The summed E-state index contributed by atoms with van der Waals surface area (Å²) in [6.07, 6.45) is 0. The van der Waals surface area contributed by atoms with Crippen LogP contribution in [0.15, 0.2) is 47.4 Å². The summed E-state index contributed by atoms with van der Waals surface area (Å²) < 4.78 is 39.1. The number of nitrogens with zero attached hydrogens (tertiary/aromatic N) is 3. The Bertz CT molecular complexity index is 1020. The number of benzene rings is 2. The van der Waals surface area contributed by atoms with Gasteiger partial charge in [0.05, 0.1) is 19.9 Å². The Hall–Kier alpha value is -2.78. The second-order valence-electron chi connectivity index (χ2n) is 7.55. The fourth-order valence-electron chi connectivity index (χ4n) is 3.45. The quantitative estimate of drug-likeness (QED) is 0.646. The normalized spacial score (nSPS) is 14.9. The van der Waals surface area contributed by atoms with Crippen LogP contribution in [0.2, 0.25) is 0 Å². The number of amides is 1. The largest absolute Gasteiger partial charge is 0.497 e. The summed E-state index contributed by atoms with van der Waals surface area (Å²) in [6.45, 7) is 4.17. The second-order valence-corrected chi connectivity index (χ2v) is 9.38. The molecule has 0 aromatic heterocycles. The maximum Gasteiger partial charge on any atom is 0.268 e. The molecule has 1 aliphatic rings. The molecule has 1 heterocycles. The van der Waals surface area contributed by atoms with Crippen molar-refractivity contribution in [2.75, 3.05) is 58.3 Å². The van der Waals surface area contributed by atoms with E-state index in [1.165, 1.54) is 14.2 Å². The number of rotatable bonds is 7. The molecule has 0 radical (unpaired) electrons. The third-order valence-electron chi connectivity index (χ3n) is 5.38.